The Balaban J connectivity index is 1.87. The van der Waals surface area contributed by atoms with E-state index in [2.05, 4.69) is 21.7 Å². The molecule has 1 saturated carbocycles. The quantitative estimate of drug-likeness (QED) is 0.767. The lowest BCUT2D eigenvalue weighted by Crippen LogP contribution is -2.20. The highest BCUT2D eigenvalue weighted by molar-refractivity contribution is 5.53. The average Bonchev–Trinajstić information content (AvgIpc) is 2.16. The molecule has 0 unspecified atom stereocenters. The molecule has 1 aliphatic carbocycles. The summed E-state index contributed by atoms with van der Waals surface area (Å²) in [5.74, 6) is 0.883. The lowest BCUT2D eigenvalue weighted by atomic mass is 9.85. The highest BCUT2D eigenvalue weighted by Crippen LogP contribution is 2.26. The van der Waals surface area contributed by atoms with Crippen molar-refractivity contribution in [3.8, 4) is 0 Å². The molecule has 0 saturated heterocycles. The van der Waals surface area contributed by atoms with Crippen LogP contribution in [0.2, 0.25) is 0 Å². The lowest BCUT2D eigenvalue weighted by molar-refractivity contribution is 0.333. The molecule has 0 spiro atoms. The maximum Gasteiger partial charge on any atom is 0.0547 e. The highest BCUT2D eigenvalue weighted by Gasteiger charge is 2.16. The predicted octanol–water partition coefficient (Wildman–Crippen LogP) is 2.34. The summed E-state index contributed by atoms with van der Waals surface area (Å²) in [6, 6.07) is 2.09. The Morgan fingerprint density at radius 2 is 2.14 bits per heavy atom. The maximum atomic E-state index is 4.15. The van der Waals surface area contributed by atoms with E-state index < -0.39 is 0 Å². The zero-order chi connectivity index (χ0) is 9.80. The Kier molecular flexibility index (Phi) is 2.87. The van der Waals surface area contributed by atoms with Crippen LogP contribution in [0, 0.1) is 5.92 Å². The SMILES string of the molecule is CNc1cncc(NCC2CCC2)c1. The van der Waals surface area contributed by atoms with Crippen LogP contribution in [0.5, 0.6) is 0 Å². The molecule has 0 aromatic carbocycles. The van der Waals surface area contributed by atoms with Gasteiger partial charge in [0.25, 0.3) is 0 Å². The highest BCUT2D eigenvalue weighted by atomic mass is 14.9. The second-order valence-electron chi connectivity index (χ2n) is 3.89. The fourth-order valence-corrected chi connectivity index (χ4v) is 1.63. The Bertz CT molecular complexity index is 294. The van der Waals surface area contributed by atoms with Crippen LogP contribution in [-0.4, -0.2) is 18.6 Å². The molecule has 1 aromatic heterocycles. The van der Waals surface area contributed by atoms with Crippen LogP contribution in [0.15, 0.2) is 18.5 Å². The summed E-state index contributed by atoms with van der Waals surface area (Å²) in [6.07, 6.45) is 7.87. The molecule has 14 heavy (non-hydrogen) atoms. The van der Waals surface area contributed by atoms with Crippen molar-refractivity contribution >= 4 is 11.4 Å². The molecule has 1 heterocycles. The third-order valence-corrected chi connectivity index (χ3v) is 2.85. The third-order valence-electron chi connectivity index (χ3n) is 2.85. The van der Waals surface area contributed by atoms with Crippen LogP contribution in [0.4, 0.5) is 11.4 Å². The fraction of sp³-hybridized carbons (Fsp3) is 0.545. The summed E-state index contributed by atoms with van der Waals surface area (Å²) in [7, 11) is 1.91. The van der Waals surface area contributed by atoms with Crippen LogP contribution < -0.4 is 10.6 Å². The Morgan fingerprint density at radius 1 is 1.36 bits per heavy atom. The Labute approximate surface area is 84.9 Å². The summed E-state index contributed by atoms with van der Waals surface area (Å²) < 4.78 is 0. The van der Waals surface area contributed by atoms with Crippen LogP contribution in [0.3, 0.4) is 0 Å². The molecule has 2 rings (SSSR count). The van der Waals surface area contributed by atoms with Gasteiger partial charge in [0, 0.05) is 13.6 Å². The van der Waals surface area contributed by atoms with Crippen molar-refractivity contribution in [2.45, 2.75) is 19.3 Å². The first-order valence-electron chi connectivity index (χ1n) is 5.25. The van der Waals surface area contributed by atoms with E-state index >= 15 is 0 Å². The van der Waals surface area contributed by atoms with E-state index in [0.29, 0.717) is 0 Å². The molecular weight excluding hydrogens is 174 g/mol. The largest absolute Gasteiger partial charge is 0.387 e. The first kappa shape index (κ1) is 9.31. The molecule has 3 nitrogen and oxygen atoms in total. The minimum Gasteiger partial charge on any atom is -0.387 e. The van der Waals surface area contributed by atoms with Gasteiger partial charge in [-0.05, 0) is 24.8 Å². The van der Waals surface area contributed by atoms with Gasteiger partial charge in [0.15, 0.2) is 0 Å². The number of anilines is 2. The molecule has 0 bridgehead atoms. The predicted molar refractivity (Wildman–Crippen MR) is 59.6 cm³/mol. The molecule has 2 N–H and O–H groups in total. The molecule has 1 aliphatic rings. The van der Waals surface area contributed by atoms with Crippen molar-refractivity contribution < 1.29 is 0 Å². The van der Waals surface area contributed by atoms with Crippen molar-refractivity contribution in [1.82, 2.24) is 4.98 Å². The first-order chi connectivity index (χ1) is 6.88. The molecule has 0 amide bonds. The summed E-state index contributed by atoms with van der Waals surface area (Å²) in [6.45, 7) is 1.09. The van der Waals surface area contributed by atoms with E-state index in [1.807, 2.05) is 19.4 Å². The van der Waals surface area contributed by atoms with Gasteiger partial charge in [-0.25, -0.2) is 0 Å². The van der Waals surface area contributed by atoms with Crippen molar-refractivity contribution in [2.75, 3.05) is 24.2 Å². The Morgan fingerprint density at radius 3 is 2.79 bits per heavy atom. The van der Waals surface area contributed by atoms with Crippen molar-refractivity contribution in [3.63, 3.8) is 0 Å². The van der Waals surface area contributed by atoms with Crippen LogP contribution in [-0.2, 0) is 0 Å². The van der Waals surface area contributed by atoms with Crippen LogP contribution in [0.1, 0.15) is 19.3 Å². The van der Waals surface area contributed by atoms with Gasteiger partial charge >= 0.3 is 0 Å². The van der Waals surface area contributed by atoms with E-state index in [0.717, 1.165) is 23.8 Å². The second kappa shape index (κ2) is 4.31. The minimum atomic E-state index is 0.883. The average molecular weight is 191 g/mol. The number of hydrogen-bond donors (Lipinski definition) is 2. The zero-order valence-corrected chi connectivity index (χ0v) is 8.59. The van der Waals surface area contributed by atoms with Gasteiger partial charge < -0.3 is 10.6 Å². The molecule has 0 aliphatic heterocycles. The van der Waals surface area contributed by atoms with E-state index in [9.17, 15) is 0 Å². The Hall–Kier alpha value is -1.25. The van der Waals surface area contributed by atoms with Crippen molar-refractivity contribution in [2.24, 2.45) is 5.92 Å². The van der Waals surface area contributed by atoms with Gasteiger partial charge in [-0.1, -0.05) is 6.42 Å². The monoisotopic (exact) mass is 191 g/mol. The van der Waals surface area contributed by atoms with Crippen molar-refractivity contribution in [1.29, 1.82) is 0 Å². The van der Waals surface area contributed by atoms with Gasteiger partial charge in [-0.3, -0.25) is 4.98 Å². The van der Waals surface area contributed by atoms with Crippen LogP contribution >= 0.6 is 0 Å². The van der Waals surface area contributed by atoms with E-state index in [4.69, 9.17) is 0 Å². The topological polar surface area (TPSA) is 37.0 Å². The van der Waals surface area contributed by atoms with Gasteiger partial charge in [0.05, 0.1) is 23.8 Å². The number of nitrogens with one attached hydrogen (secondary N) is 2. The summed E-state index contributed by atoms with van der Waals surface area (Å²) in [5, 5.41) is 6.50. The first-order valence-corrected chi connectivity index (χ1v) is 5.25. The molecule has 3 heteroatoms. The van der Waals surface area contributed by atoms with E-state index in [1.54, 1.807) is 0 Å². The van der Waals surface area contributed by atoms with Gasteiger partial charge in [-0.2, -0.15) is 0 Å². The van der Waals surface area contributed by atoms with E-state index in [1.165, 1.54) is 19.3 Å². The molecule has 0 atom stereocenters. The number of hydrogen-bond acceptors (Lipinski definition) is 3. The second-order valence-corrected chi connectivity index (χ2v) is 3.89. The maximum absolute atomic E-state index is 4.15. The molecule has 76 valence electrons. The van der Waals surface area contributed by atoms with Gasteiger partial charge in [-0.15, -0.1) is 0 Å². The van der Waals surface area contributed by atoms with Crippen molar-refractivity contribution in [3.05, 3.63) is 18.5 Å². The smallest absolute Gasteiger partial charge is 0.0547 e. The number of aromatic nitrogens is 1. The fourth-order valence-electron chi connectivity index (χ4n) is 1.63. The normalized spacial score (nSPS) is 16.1. The molecule has 1 fully saturated rings. The standard InChI is InChI=1S/C11H17N3/c1-12-10-5-11(8-13-7-10)14-6-9-3-2-4-9/h5,7-9,12,14H,2-4,6H2,1H3. The number of pyridine rings is 1. The summed E-state index contributed by atoms with van der Waals surface area (Å²) in [5.41, 5.74) is 2.17. The molecule has 1 aromatic rings. The lowest BCUT2D eigenvalue weighted by Gasteiger charge is -2.25. The summed E-state index contributed by atoms with van der Waals surface area (Å²) >= 11 is 0. The van der Waals surface area contributed by atoms with E-state index in [-0.39, 0.29) is 0 Å². The van der Waals surface area contributed by atoms with Gasteiger partial charge in [0.2, 0.25) is 0 Å². The third kappa shape index (κ3) is 2.16. The van der Waals surface area contributed by atoms with Crippen LogP contribution in [0.25, 0.3) is 0 Å². The summed E-state index contributed by atoms with van der Waals surface area (Å²) in [4.78, 5) is 4.15. The molecule has 0 radical (unpaired) electrons. The zero-order valence-electron chi connectivity index (χ0n) is 8.59. The minimum absolute atomic E-state index is 0.883. The molecular formula is C11H17N3. The number of rotatable bonds is 4. The number of nitrogens with zero attached hydrogens (tertiary/aromatic N) is 1. The van der Waals surface area contributed by atoms with Gasteiger partial charge in [0.1, 0.15) is 0 Å².